The molecule has 8 nitrogen and oxygen atoms in total. The summed E-state index contributed by atoms with van der Waals surface area (Å²) in [6.45, 7) is 6.59. The van der Waals surface area contributed by atoms with Gasteiger partial charge in [-0.05, 0) is 20.8 Å². The molecule has 0 aromatic carbocycles. The standard InChI is InChI=1S/C10H18N2O6/c1-10(2,3)16-9(15)18-12-6-4-11(5-7-12)17-8(13)14/h4-7H2,1-3H3,(H,13,14). The second kappa shape index (κ2) is 5.87. The predicted octanol–water partition coefficient (Wildman–Crippen LogP) is 1.08. The molecule has 0 aliphatic carbocycles. The Kier molecular flexibility index (Phi) is 4.74. The SMILES string of the molecule is CC(C)(C)OC(=O)ON1CCN(OC(=O)O)CC1. The summed E-state index contributed by atoms with van der Waals surface area (Å²) in [6, 6.07) is 0. The lowest BCUT2D eigenvalue weighted by atomic mass is 10.2. The lowest BCUT2D eigenvalue weighted by Crippen LogP contribution is -2.47. The molecule has 104 valence electrons. The van der Waals surface area contributed by atoms with Gasteiger partial charge in [-0.3, -0.25) is 0 Å². The van der Waals surface area contributed by atoms with Gasteiger partial charge in [-0.1, -0.05) is 0 Å². The van der Waals surface area contributed by atoms with Crippen molar-refractivity contribution in [3.05, 3.63) is 0 Å². The first-order chi connectivity index (χ1) is 8.26. The Balaban J connectivity index is 2.27. The topological polar surface area (TPSA) is 88.5 Å². The summed E-state index contributed by atoms with van der Waals surface area (Å²) in [7, 11) is 0. The fourth-order valence-electron chi connectivity index (χ4n) is 1.34. The van der Waals surface area contributed by atoms with E-state index in [4.69, 9.17) is 14.7 Å². The molecule has 0 atom stereocenters. The Bertz CT molecular complexity index is 306. The van der Waals surface area contributed by atoms with Crippen LogP contribution in [0.4, 0.5) is 9.59 Å². The number of hydrogen-bond donors (Lipinski definition) is 1. The van der Waals surface area contributed by atoms with E-state index in [-0.39, 0.29) is 0 Å². The first-order valence-corrected chi connectivity index (χ1v) is 5.58. The molecule has 0 saturated carbocycles. The zero-order chi connectivity index (χ0) is 13.8. The molecule has 0 spiro atoms. The van der Waals surface area contributed by atoms with Crippen molar-refractivity contribution >= 4 is 12.3 Å². The second-order valence-corrected chi connectivity index (χ2v) is 4.77. The molecule has 0 radical (unpaired) electrons. The lowest BCUT2D eigenvalue weighted by Gasteiger charge is -2.31. The molecular weight excluding hydrogens is 244 g/mol. The average molecular weight is 262 g/mol. The Morgan fingerprint density at radius 2 is 1.44 bits per heavy atom. The van der Waals surface area contributed by atoms with Crippen LogP contribution in [0.2, 0.25) is 0 Å². The monoisotopic (exact) mass is 262 g/mol. The minimum Gasteiger partial charge on any atom is -0.448 e. The smallest absolute Gasteiger partial charge is 0.448 e. The van der Waals surface area contributed by atoms with Crippen molar-refractivity contribution in [2.75, 3.05) is 26.2 Å². The van der Waals surface area contributed by atoms with E-state index in [0.717, 1.165) is 0 Å². The van der Waals surface area contributed by atoms with Crippen LogP contribution in [0.15, 0.2) is 0 Å². The van der Waals surface area contributed by atoms with Crippen molar-refractivity contribution in [2.24, 2.45) is 0 Å². The van der Waals surface area contributed by atoms with Crippen LogP contribution in [-0.4, -0.2) is 59.3 Å². The van der Waals surface area contributed by atoms with Gasteiger partial charge in [-0.25, -0.2) is 9.59 Å². The summed E-state index contributed by atoms with van der Waals surface area (Å²) in [5.41, 5.74) is -0.606. The highest BCUT2D eigenvalue weighted by atomic mass is 16.8. The van der Waals surface area contributed by atoms with Gasteiger partial charge >= 0.3 is 12.3 Å². The van der Waals surface area contributed by atoms with E-state index in [1.165, 1.54) is 10.1 Å². The predicted molar refractivity (Wildman–Crippen MR) is 59.6 cm³/mol. The number of piperazine rings is 1. The van der Waals surface area contributed by atoms with Gasteiger partial charge < -0.3 is 19.5 Å². The van der Waals surface area contributed by atoms with Crippen molar-refractivity contribution in [3.8, 4) is 0 Å². The van der Waals surface area contributed by atoms with E-state index in [1.807, 2.05) is 0 Å². The molecule has 0 amide bonds. The summed E-state index contributed by atoms with van der Waals surface area (Å²) in [5, 5.41) is 11.1. The minimum absolute atomic E-state index is 0.328. The number of rotatable bonds is 2. The molecule has 0 bridgehead atoms. The molecule has 18 heavy (non-hydrogen) atoms. The third-order valence-electron chi connectivity index (χ3n) is 2.00. The second-order valence-electron chi connectivity index (χ2n) is 4.77. The zero-order valence-electron chi connectivity index (χ0n) is 10.7. The van der Waals surface area contributed by atoms with E-state index < -0.39 is 17.9 Å². The molecule has 1 saturated heterocycles. The minimum atomic E-state index is -1.35. The Hall–Kier alpha value is -1.54. The maximum Gasteiger partial charge on any atom is 0.528 e. The van der Waals surface area contributed by atoms with E-state index in [1.54, 1.807) is 20.8 Å². The van der Waals surface area contributed by atoms with E-state index >= 15 is 0 Å². The number of nitrogens with zero attached hydrogens (tertiary/aromatic N) is 2. The Morgan fingerprint density at radius 1 is 1.00 bits per heavy atom. The summed E-state index contributed by atoms with van der Waals surface area (Å²) >= 11 is 0. The van der Waals surface area contributed by atoms with E-state index in [2.05, 4.69) is 4.84 Å². The van der Waals surface area contributed by atoms with Crippen LogP contribution in [0.1, 0.15) is 20.8 Å². The lowest BCUT2D eigenvalue weighted by molar-refractivity contribution is -0.204. The van der Waals surface area contributed by atoms with E-state index in [0.29, 0.717) is 26.2 Å². The highest BCUT2D eigenvalue weighted by Gasteiger charge is 2.25. The normalized spacial score (nSPS) is 18.2. The third-order valence-corrected chi connectivity index (χ3v) is 2.00. The fraction of sp³-hybridized carbons (Fsp3) is 0.800. The van der Waals surface area contributed by atoms with Crippen LogP contribution < -0.4 is 0 Å². The molecule has 0 aromatic heterocycles. The molecule has 1 aliphatic rings. The zero-order valence-corrected chi connectivity index (χ0v) is 10.7. The van der Waals surface area contributed by atoms with Crippen molar-refractivity contribution < 1.29 is 29.1 Å². The number of ether oxygens (including phenoxy) is 1. The van der Waals surface area contributed by atoms with E-state index in [9.17, 15) is 9.59 Å². The fourth-order valence-corrected chi connectivity index (χ4v) is 1.34. The third kappa shape index (κ3) is 5.69. The van der Waals surface area contributed by atoms with Gasteiger partial charge in [0.15, 0.2) is 0 Å². The van der Waals surface area contributed by atoms with Crippen molar-refractivity contribution in [1.82, 2.24) is 10.1 Å². The molecule has 1 fully saturated rings. The van der Waals surface area contributed by atoms with Crippen LogP contribution in [0.25, 0.3) is 0 Å². The first-order valence-electron chi connectivity index (χ1n) is 5.58. The van der Waals surface area contributed by atoms with Crippen LogP contribution >= 0.6 is 0 Å². The van der Waals surface area contributed by atoms with Crippen LogP contribution in [0.3, 0.4) is 0 Å². The van der Waals surface area contributed by atoms with Gasteiger partial charge in [0.2, 0.25) is 0 Å². The van der Waals surface area contributed by atoms with Gasteiger partial charge in [-0.15, -0.1) is 10.1 Å². The maximum absolute atomic E-state index is 11.4. The number of hydroxylamine groups is 4. The van der Waals surface area contributed by atoms with Crippen molar-refractivity contribution in [2.45, 2.75) is 26.4 Å². The summed E-state index contributed by atoms with van der Waals surface area (Å²) in [5.74, 6) is 0. The quantitative estimate of drug-likeness (QED) is 0.739. The molecule has 0 aromatic rings. The van der Waals surface area contributed by atoms with Crippen molar-refractivity contribution in [3.63, 3.8) is 0 Å². The van der Waals surface area contributed by atoms with Gasteiger partial charge in [0.05, 0.1) is 26.2 Å². The first kappa shape index (κ1) is 14.5. The molecule has 1 heterocycles. The van der Waals surface area contributed by atoms with Gasteiger partial charge in [0, 0.05) is 0 Å². The summed E-state index contributed by atoms with van der Waals surface area (Å²) < 4.78 is 4.99. The molecular formula is C10H18N2O6. The number of hydrogen-bond acceptors (Lipinski definition) is 7. The van der Waals surface area contributed by atoms with Gasteiger partial charge in [0.25, 0.3) is 0 Å². The highest BCUT2D eigenvalue weighted by Crippen LogP contribution is 2.10. The summed E-state index contributed by atoms with van der Waals surface area (Å²) in [4.78, 5) is 31.1. The largest absolute Gasteiger partial charge is 0.528 e. The molecule has 0 unspecified atom stereocenters. The van der Waals surface area contributed by atoms with Crippen LogP contribution in [-0.2, 0) is 14.4 Å². The highest BCUT2D eigenvalue weighted by molar-refractivity contribution is 5.60. The van der Waals surface area contributed by atoms with Gasteiger partial charge in [-0.2, -0.15) is 0 Å². The Labute approximate surface area is 105 Å². The Morgan fingerprint density at radius 3 is 1.83 bits per heavy atom. The average Bonchev–Trinajstić information content (AvgIpc) is 2.17. The molecule has 8 heteroatoms. The maximum atomic E-state index is 11.4. The molecule has 1 N–H and O–H groups in total. The van der Waals surface area contributed by atoms with Crippen LogP contribution in [0, 0.1) is 0 Å². The molecule has 1 rings (SSSR count). The summed E-state index contributed by atoms with van der Waals surface area (Å²) in [6.07, 6.45) is -2.12. The number of carbonyl (C=O) groups is 2. The number of carbonyl (C=O) groups excluding carboxylic acids is 1. The number of carboxylic acid groups (broad SMARTS) is 1. The van der Waals surface area contributed by atoms with Crippen LogP contribution in [0.5, 0.6) is 0 Å². The van der Waals surface area contributed by atoms with Gasteiger partial charge in [0.1, 0.15) is 5.60 Å². The molecule has 1 aliphatic heterocycles. The van der Waals surface area contributed by atoms with Crippen molar-refractivity contribution in [1.29, 1.82) is 0 Å².